The molecule has 0 radical (unpaired) electrons. The highest BCUT2D eigenvalue weighted by Crippen LogP contribution is 2.37. The van der Waals surface area contributed by atoms with Crippen LogP contribution >= 0.6 is 15.9 Å². The van der Waals surface area contributed by atoms with Gasteiger partial charge in [-0.1, -0.05) is 15.9 Å². The summed E-state index contributed by atoms with van der Waals surface area (Å²) in [5.41, 5.74) is -2.65. The van der Waals surface area contributed by atoms with E-state index in [2.05, 4.69) is 21.2 Å². The highest BCUT2D eigenvalue weighted by atomic mass is 79.9. The molecule has 0 fully saturated rings. The van der Waals surface area contributed by atoms with Crippen LogP contribution in [0.15, 0.2) is 40.9 Å². The fourth-order valence-electron chi connectivity index (χ4n) is 2.08. The summed E-state index contributed by atoms with van der Waals surface area (Å²) in [5.74, 6) is 0. The SMILES string of the molecule is Cc1cc(Br)ccc1NC(=O)Nc1cc(C(F)(F)F)cc(C(F)(F)F)c1. The maximum atomic E-state index is 12.8. The molecule has 0 aliphatic heterocycles. The molecular weight excluding hydrogens is 430 g/mol. The Hall–Kier alpha value is -2.23. The van der Waals surface area contributed by atoms with Gasteiger partial charge >= 0.3 is 18.4 Å². The lowest BCUT2D eigenvalue weighted by Crippen LogP contribution is -2.21. The minimum atomic E-state index is -4.99. The molecule has 0 unspecified atom stereocenters. The normalized spacial score (nSPS) is 12.0. The van der Waals surface area contributed by atoms with E-state index in [4.69, 9.17) is 0 Å². The molecule has 0 aliphatic carbocycles. The molecular formula is C16H11BrF6N2O. The fraction of sp³-hybridized carbons (Fsp3) is 0.188. The Labute approximate surface area is 152 Å². The van der Waals surface area contributed by atoms with Crippen molar-refractivity contribution in [1.82, 2.24) is 0 Å². The van der Waals surface area contributed by atoms with Crippen molar-refractivity contribution < 1.29 is 31.1 Å². The zero-order valence-corrected chi connectivity index (χ0v) is 14.6. The Bertz CT molecular complexity index is 800. The lowest BCUT2D eigenvalue weighted by atomic mass is 10.1. The number of carbonyl (C=O) groups excluding carboxylic acids is 1. The standard InChI is InChI=1S/C16H11BrF6N2O/c1-8-4-11(17)2-3-13(8)25-14(26)24-12-6-9(15(18,19)20)5-10(7-12)16(21,22)23/h2-7H,1H3,(H2,24,25,26). The number of halogens is 7. The molecule has 0 saturated carbocycles. The molecule has 10 heteroatoms. The maximum Gasteiger partial charge on any atom is 0.416 e. The lowest BCUT2D eigenvalue weighted by Gasteiger charge is -2.15. The second-order valence-corrected chi connectivity index (χ2v) is 6.25. The summed E-state index contributed by atoms with van der Waals surface area (Å²) in [6.45, 7) is 1.67. The third-order valence-corrected chi connectivity index (χ3v) is 3.78. The summed E-state index contributed by atoms with van der Waals surface area (Å²) in [7, 11) is 0. The first-order valence-electron chi connectivity index (χ1n) is 7.00. The van der Waals surface area contributed by atoms with E-state index >= 15 is 0 Å². The molecule has 0 heterocycles. The number of urea groups is 1. The second kappa shape index (κ2) is 7.18. The molecule has 2 rings (SSSR count). The lowest BCUT2D eigenvalue weighted by molar-refractivity contribution is -0.143. The number of hydrogen-bond donors (Lipinski definition) is 2. The van der Waals surface area contributed by atoms with Crippen molar-refractivity contribution in [2.24, 2.45) is 0 Å². The first-order valence-corrected chi connectivity index (χ1v) is 7.79. The van der Waals surface area contributed by atoms with Crippen molar-refractivity contribution >= 4 is 33.3 Å². The first-order chi connectivity index (χ1) is 11.9. The third-order valence-electron chi connectivity index (χ3n) is 3.28. The van der Waals surface area contributed by atoms with Gasteiger partial charge in [0.2, 0.25) is 0 Å². The van der Waals surface area contributed by atoms with Crippen LogP contribution in [0.3, 0.4) is 0 Å². The monoisotopic (exact) mass is 440 g/mol. The van der Waals surface area contributed by atoms with Gasteiger partial charge in [-0.15, -0.1) is 0 Å². The van der Waals surface area contributed by atoms with Crippen LogP contribution in [0.4, 0.5) is 42.5 Å². The Morgan fingerprint density at radius 1 is 0.885 bits per heavy atom. The largest absolute Gasteiger partial charge is 0.416 e. The number of amides is 2. The van der Waals surface area contributed by atoms with Crippen LogP contribution in [0.25, 0.3) is 0 Å². The number of hydrogen-bond acceptors (Lipinski definition) is 1. The van der Waals surface area contributed by atoms with Crippen molar-refractivity contribution in [3.05, 3.63) is 57.6 Å². The van der Waals surface area contributed by atoms with Gasteiger partial charge in [-0.25, -0.2) is 4.79 Å². The minimum Gasteiger partial charge on any atom is -0.308 e. The van der Waals surface area contributed by atoms with E-state index < -0.39 is 35.2 Å². The number of benzene rings is 2. The number of rotatable bonds is 2. The molecule has 0 bridgehead atoms. The van der Waals surface area contributed by atoms with E-state index in [1.54, 1.807) is 19.1 Å². The Morgan fingerprint density at radius 3 is 1.88 bits per heavy atom. The van der Waals surface area contributed by atoms with E-state index in [-0.39, 0.29) is 6.07 Å². The highest BCUT2D eigenvalue weighted by Gasteiger charge is 2.37. The molecule has 3 nitrogen and oxygen atoms in total. The quantitative estimate of drug-likeness (QED) is 0.518. The van der Waals surface area contributed by atoms with Crippen molar-refractivity contribution in [2.45, 2.75) is 19.3 Å². The van der Waals surface area contributed by atoms with E-state index in [9.17, 15) is 31.1 Å². The van der Waals surface area contributed by atoms with Gasteiger partial charge in [0, 0.05) is 15.8 Å². The average Bonchev–Trinajstić information content (AvgIpc) is 2.48. The summed E-state index contributed by atoms with van der Waals surface area (Å²) in [6.07, 6.45) is -9.98. The molecule has 26 heavy (non-hydrogen) atoms. The van der Waals surface area contributed by atoms with Crippen LogP contribution in [-0.4, -0.2) is 6.03 Å². The van der Waals surface area contributed by atoms with E-state index in [0.717, 1.165) is 4.47 Å². The van der Waals surface area contributed by atoms with Gasteiger partial charge in [0.25, 0.3) is 0 Å². The Morgan fingerprint density at radius 2 is 1.42 bits per heavy atom. The number of nitrogens with one attached hydrogen (secondary N) is 2. The van der Waals surface area contributed by atoms with Crippen LogP contribution in [0.5, 0.6) is 0 Å². The molecule has 140 valence electrons. The topological polar surface area (TPSA) is 41.1 Å². The van der Waals surface area contributed by atoms with Gasteiger partial charge in [0.15, 0.2) is 0 Å². The molecule has 2 amide bonds. The number of anilines is 2. The van der Waals surface area contributed by atoms with Crippen molar-refractivity contribution in [1.29, 1.82) is 0 Å². The first kappa shape index (κ1) is 20.1. The molecule has 0 aliphatic rings. The van der Waals surface area contributed by atoms with Gasteiger partial charge in [-0.2, -0.15) is 26.3 Å². The maximum absolute atomic E-state index is 12.8. The van der Waals surface area contributed by atoms with Gasteiger partial charge in [0.05, 0.1) is 11.1 Å². The molecule has 0 aromatic heterocycles. The summed E-state index contributed by atoms with van der Waals surface area (Å²) in [5, 5.41) is 4.36. The van der Waals surface area contributed by atoms with E-state index in [0.29, 0.717) is 23.4 Å². The van der Waals surface area contributed by atoms with Crippen LogP contribution in [0, 0.1) is 6.92 Å². The summed E-state index contributed by atoms with van der Waals surface area (Å²) >= 11 is 3.23. The van der Waals surface area contributed by atoms with Crippen LogP contribution in [-0.2, 0) is 12.4 Å². The Kier molecular flexibility index (Phi) is 5.55. The zero-order chi connectivity index (χ0) is 19.7. The van der Waals surface area contributed by atoms with Crippen LogP contribution < -0.4 is 10.6 Å². The summed E-state index contributed by atoms with van der Waals surface area (Å²) in [4.78, 5) is 11.9. The van der Waals surface area contributed by atoms with Crippen molar-refractivity contribution in [3.8, 4) is 0 Å². The molecule has 2 N–H and O–H groups in total. The van der Waals surface area contributed by atoms with Crippen molar-refractivity contribution in [2.75, 3.05) is 10.6 Å². The summed E-state index contributed by atoms with van der Waals surface area (Å²) in [6, 6.07) is 4.72. The predicted octanol–water partition coefficient (Wildman–Crippen LogP) is 6.44. The number of alkyl halides is 6. The minimum absolute atomic E-state index is 0.0119. The van der Waals surface area contributed by atoms with Gasteiger partial charge in [-0.3, -0.25) is 0 Å². The Balaban J connectivity index is 2.28. The van der Waals surface area contributed by atoms with Gasteiger partial charge in [-0.05, 0) is 48.9 Å². The molecule has 0 spiro atoms. The fourth-order valence-corrected chi connectivity index (χ4v) is 2.55. The van der Waals surface area contributed by atoms with E-state index in [1.807, 2.05) is 5.32 Å². The number of aryl methyl sites for hydroxylation is 1. The highest BCUT2D eigenvalue weighted by molar-refractivity contribution is 9.10. The van der Waals surface area contributed by atoms with Crippen LogP contribution in [0.2, 0.25) is 0 Å². The smallest absolute Gasteiger partial charge is 0.308 e. The average molecular weight is 441 g/mol. The van der Waals surface area contributed by atoms with Gasteiger partial charge < -0.3 is 10.6 Å². The molecule has 0 saturated heterocycles. The molecule has 0 atom stereocenters. The predicted molar refractivity (Wildman–Crippen MR) is 88.0 cm³/mol. The van der Waals surface area contributed by atoms with E-state index in [1.165, 1.54) is 6.07 Å². The number of carbonyl (C=O) groups is 1. The second-order valence-electron chi connectivity index (χ2n) is 5.33. The molecule has 2 aromatic rings. The van der Waals surface area contributed by atoms with Crippen LogP contribution in [0.1, 0.15) is 16.7 Å². The van der Waals surface area contributed by atoms with Crippen molar-refractivity contribution in [3.63, 3.8) is 0 Å². The van der Waals surface area contributed by atoms with Gasteiger partial charge in [0.1, 0.15) is 0 Å². The molecule has 2 aromatic carbocycles. The zero-order valence-electron chi connectivity index (χ0n) is 13.0. The third kappa shape index (κ3) is 5.13. The summed E-state index contributed by atoms with van der Waals surface area (Å²) < 4.78 is 77.6.